The molecule has 0 unspecified atom stereocenters. The summed E-state index contributed by atoms with van der Waals surface area (Å²) in [4.78, 5) is 24.4. The first-order valence-electron chi connectivity index (χ1n) is 9.20. The van der Waals surface area contributed by atoms with Gasteiger partial charge in [0.25, 0.3) is 5.56 Å². The summed E-state index contributed by atoms with van der Waals surface area (Å²) in [7, 11) is 0. The standard InChI is InChI=1S/C21H22N2O5/c1-2-3-11-19(25)28-20-17(24)9-6-10-18(20)27-13-12-23-21(26)16-8-5-4-7-15(16)14-22-23/h4-10,14,24H,2-3,11-13H2,1H3. The van der Waals surface area contributed by atoms with E-state index in [0.29, 0.717) is 11.8 Å². The summed E-state index contributed by atoms with van der Waals surface area (Å²) in [5.74, 6) is -0.384. The van der Waals surface area contributed by atoms with Gasteiger partial charge in [-0.05, 0) is 24.6 Å². The fraction of sp³-hybridized carbons (Fsp3) is 0.286. The zero-order valence-corrected chi connectivity index (χ0v) is 15.6. The molecule has 1 heterocycles. The Balaban J connectivity index is 1.70. The highest BCUT2D eigenvalue weighted by atomic mass is 16.6. The Labute approximate surface area is 162 Å². The zero-order chi connectivity index (χ0) is 19.9. The molecule has 0 aliphatic carbocycles. The Bertz CT molecular complexity index is 1030. The number of esters is 1. The number of rotatable bonds is 8. The van der Waals surface area contributed by atoms with Crippen molar-refractivity contribution >= 4 is 16.7 Å². The number of aromatic nitrogens is 2. The molecule has 0 radical (unpaired) electrons. The molecule has 0 spiro atoms. The summed E-state index contributed by atoms with van der Waals surface area (Å²) in [6, 6.07) is 11.8. The highest BCUT2D eigenvalue weighted by molar-refractivity contribution is 5.80. The second kappa shape index (κ2) is 9.03. The molecule has 7 heteroatoms. The van der Waals surface area contributed by atoms with Gasteiger partial charge >= 0.3 is 5.97 Å². The predicted octanol–water partition coefficient (Wildman–Crippen LogP) is 3.28. The van der Waals surface area contributed by atoms with Crippen molar-refractivity contribution in [2.75, 3.05) is 6.61 Å². The van der Waals surface area contributed by atoms with Gasteiger partial charge in [-0.15, -0.1) is 0 Å². The maximum atomic E-state index is 12.5. The third kappa shape index (κ3) is 4.49. The fourth-order valence-corrected chi connectivity index (χ4v) is 2.74. The average molecular weight is 382 g/mol. The second-order valence-electron chi connectivity index (χ2n) is 6.29. The molecule has 0 bridgehead atoms. The average Bonchev–Trinajstić information content (AvgIpc) is 2.70. The first kappa shape index (κ1) is 19.4. The predicted molar refractivity (Wildman–Crippen MR) is 105 cm³/mol. The second-order valence-corrected chi connectivity index (χ2v) is 6.29. The highest BCUT2D eigenvalue weighted by Crippen LogP contribution is 2.36. The van der Waals surface area contributed by atoms with E-state index in [-0.39, 0.29) is 42.4 Å². The normalized spacial score (nSPS) is 10.8. The van der Waals surface area contributed by atoms with Crippen LogP contribution in [0, 0.1) is 0 Å². The van der Waals surface area contributed by atoms with Crippen LogP contribution < -0.4 is 15.0 Å². The number of phenols is 1. The quantitative estimate of drug-likeness (QED) is 0.475. The SMILES string of the molecule is CCCCC(=O)Oc1c(O)cccc1OCCn1ncc2ccccc2c1=O. The van der Waals surface area contributed by atoms with Crippen molar-refractivity contribution < 1.29 is 19.4 Å². The number of ether oxygens (including phenoxy) is 2. The van der Waals surface area contributed by atoms with E-state index in [1.165, 1.54) is 10.7 Å². The van der Waals surface area contributed by atoms with E-state index in [1.807, 2.05) is 19.1 Å². The number of phenolic OH excluding ortho intramolecular Hbond substituents is 1. The van der Waals surface area contributed by atoms with Gasteiger partial charge in [-0.3, -0.25) is 9.59 Å². The minimum atomic E-state index is -0.430. The molecular weight excluding hydrogens is 360 g/mol. The van der Waals surface area contributed by atoms with Crippen molar-refractivity contribution in [1.29, 1.82) is 0 Å². The molecule has 3 aromatic rings. The molecule has 7 nitrogen and oxygen atoms in total. The van der Waals surface area contributed by atoms with Gasteiger partial charge in [0.2, 0.25) is 5.75 Å². The maximum Gasteiger partial charge on any atom is 0.311 e. The van der Waals surface area contributed by atoms with E-state index in [0.717, 1.165) is 11.8 Å². The number of hydrogen-bond acceptors (Lipinski definition) is 6. The van der Waals surface area contributed by atoms with Gasteiger partial charge in [0.05, 0.1) is 18.1 Å². The van der Waals surface area contributed by atoms with Gasteiger partial charge in [-0.1, -0.05) is 37.6 Å². The van der Waals surface area contributed by atoms with E-state index in [9.17, 15) is 14.7 Å². The van der Waals surface area contributed by atoms with Crippen molar-refractivity contribution in [2.24, 2.45) is 0 Å². The molecule has 1 N–H and O–H groups in total. The molecule has 2 aromatic carbocycles. The Morgan fingerprint density at radius 2 is 2.00 bits per heavy atom. The molecule has 1 aromatic heterocycles. The zero-order valence-electron chi connectivity index (χ0n) is 15.6. The van der Waals surface area contributed by atoms with Crippen LogP contribution in [0.1, 0.15) is 26.2 Å². The number of fused-ring (bicyclic) bond motifs is 1. The van der Waals surface area contributed by atoms with Crippen molar-refractivity contribution in [3.8, 4) is 17.2 Å². The number of benzene rings is 2. The largest absolute Gasteiger partial charge is 0.504 e. The number of unbranched alkanes of at least 4 members (excludes halogenated alkanes) is 1. The summed E-state index contributed by atoms with van der Waals surface area (Å²) in [5.41, 5.74) is -0.205. The summed E-state index contributed by atoms with van der Waals surface area (Å²) < 4.78 is 12.2. The third-order valence-corrected chi connectivity index (χ3v) is 4.23. The molecule has 0 amide bonds. The monoisotopic (exact) mass is 382 g/mol. The van der Waals surface area contributed by atoms with Crippen LogP contribution in [0.3, 0.4) is 0 Å². The molecule has 0 aliphatic rings. The first-order chi connectivity index (χ1) is 13.6. The third-order valence-electron chi connectivity index (χ3n) is 4.23. The van der Waals surface area contributed by atoms with Gasteiger partial charge in [0.1, 0.15) is 6.61 Å². The van der Waals surface area contributed by atoms with Crippen LogP contribution in [-0.4, -0.2) is 27.5 Å². The lowest BCUT2D eigenvalue weighted by molar-refractivity contribution is -0.134. The minimum absolute atomic E-state index is 0.0116. The lowest BCUT2D eigenvalue weighted by Crippen LogP contribution is -2.25. The van der Waals surface area contributed by atoms with Crippen molar-refractivity contribution in [2.45, 2.75) is 32.7 Å². The van der Waals surface area contributed by atoms with E-state index in [2.05, 4.69) is 5.10 Å². The summed E-state index contributed by atoms with van der Waals surface area (Å²) in [6.07, 6.45) is 3.47. The molecule has 0 fully saturated rings. The molecule has 0 saturated carbocycles. The Morgan fingerprint density at radius 1 is 1.18 bits per heavy atom. The van der Waals surface area contributed by atoms with Crippen molar-refractivity contribution in [3.63, 3.8) is 0 Å². The lowest BCUT2D eigenvalue weighted by atomic mass is 10.2. The van der Waals surface area contributed by atoms with Crippen molar-refractivity contribution in [1.82, 2.24) is 9.78 Å². The first-order valence-corrected chi connectivity index (χ1v) is 9.20. The smallest absolute Gasteiger partial charge is 0.311 e. The topological polar surface area (TPSA) is 90.7 Å². The van der Waals surface area contributed by atoms with Crippen LogP contribution in [0.15, 0.2) is 53.5 Å². The van der Waals surface area contributed by atoms with Crippen molar-refractivity contribution in [3.05, 3.63) is 59.0 Å². The summed E-state index contributed by atoms with van der Waals surface area (Å²) >= 11 is 0. The van der Waals surface area contributed by atoms with Gasteiger partial charge in [0.15, 0.2) is 11.5 Å². The summed E-state index contributed by atoms with van der Waals surface area (Å²) in [6.45, 7) is 2.31. The number of nitrogens with zero attached hydrogens (tertiary/aromatic N) is 2. The van der Waals surface area contributed by atoms with Crippen LogP contribution >= 0.6 is 0 Å². The van der Waals surface area contributed by atoms with Crippen LogP contribution in [0.4, 0.5) is 0 Å². The molecular formula is C21H22N2O5. The molecule has 146 valence electrons. The van der Waals surface area contributed by atoms with Gasteiger partial charge in [0, 0.05) is 11.8 Å². The fourth-order valence-electron chi connectivity index (χ4n) is 2.74. The maximum absolute atomic E-state index is 12.5. The number of hydrogen-bond donors (Lipinski definition) is 1. The lowest BCUT2D eigenvalue weighted by Gasteiger charge is -2.13. The molecule has 0 atom stereocenters. The Kier molecular flexibility index (Phi) is 6.26. The van der Waals surface area contributed by atoms with E-state index < -0.39 is 5.97 Å². The molecule has 0 aliphatic heterocycles. The number of para-hydroxylation sites is 1. The van der Waals surface area contributed by atoms with Gasteiger partial charge < -0.3 is 14.6 Å². The van der Waals surface area contributed by atoms with Gasteiger partial charge in [-0.2, -0.15) is 5.10 Å². The Morgan fingerprint density at radius 3 is 2.82 bits per heavy atom. The number of carbonyl (C=O) groups is 1. The molecule has 3 rings (SSSR count). The van der Waals surface area contributed by atoms with Crippen LogP contribution in [0.2, 0.25) is 0 Å². The van der Waals surface area contributed by atoms with E-state index in [4.69, 9.17) is 9.47 Å². The summed E-state index contributed by atoms with van der Waals surface area (Å²) in [5, 5.41) is 15.5. The highest BCUT2D eigenvalue weighted by Gasteiger charge is 2.15. The van der Waals surface area contributed by atoms with Gasteiger partial charge in [-0.25, -0.2) is 4.68 Å². The van der Waals surface area contributed by atoms with E-state index >= 15 is 0 Å². The number of carbonyl (C=O) groups excluding carboxylic acids is 1. The molecule has 0 saturated heterocycles. The van der Waals surface area contributed by atoms with Crippen LogP contribution in [-0.2, 0) is 11.3 Å². The molecule has 28 heavy (non-hydrogen) atoms. The van der Waals surface area contributed by atoms with Crippen LogP contribution in [0.5, 0.6) is 17.2 Å². The minimum Gasteiger partial charge on any atom is -0.504 e. The number of aromatic hydroxyl groups is 1. The van der Waals surface area contributed by atoms with Crippen LogP contribution in [0.25, 0.3) is 10.8 Å². The Hall–Kier alpha value is -3.35. The van der Waals surface area contributed by atoms with E-state index in [1.54, 1.807) is 30.5 Å².